The molecule has 8 heteroatoms. The summed E-state index contributed by atoms with van der Waals surface area (Å²) >= 11 is 11.8. The number of carboxylic acids is 1. The molecule has 128 valence electrons. The molecule has 0 aliphatic heterocycles. The standard InChI is InChI=1S/C16H17Cl2N3O3/c1-9(10-4-5-12(17)13(18)6-10)14(22)20-11-7-19-21(8-11)16(2,3)15(23)24/h4-9H,1-3H3,(H,20,22)(H,23,24). The minimum atomic E-state index is -1.21. The predicted octanol–water partition coefficient (Wildman–Crippen LogP) is 3.75. The fourth-order valence-electron chi connectivity index (χ4n) is 1.97. The van der Waals surface area contributed by atoms with Gasteiger partial charge in [0, 0.05) is 6.20 Å². The maximum atomic E-state index is 12.4. The van der Waals surface area contributed by atoms with E-state index in [1.165, 1.54) is 30.9 Å². The van der Waals surface area contributed by atoms with E-state index < -0.39 is 17.4 Å². The van der Waals surface area contributed by atoms with Crippen molar-refractivity contribution in [3.8, 4) is 0 Å². The van der Waals surface area contributed by atoms with Crippen molar-refractivity contribution in [2.75, 3.05) is 5.32 Å². The molecule has 0 saturated carbocycles. The van der Waals surface area contributed by atoms with Gasteiger partial charge in [0.25, 0.3) is 0 Å². The first-order valence-electron chi connectivity index (χ1n) is 7.17. The minimum absolute atomic E-state index is 0.263. The van der Waals surface area contributed by atoms with Gasteiger partial charge in [0.1, 0.15) is 0 Å². The molecule has 2 N–H and O–H groups in total. The van der Waals surface area contributed by atoms with Crippen LogP contribution in [-0.2, 0) is 15.1 Å². The van der Waals surface area contributed by atoms with Gasteiger partial charge in [-0.15, -0.1) is 0 Å². The predicted molar refractivity (Wildman–Crippen MR) is 92.7 cm³/mol. The molecule has 6 nitrogen and oxygen atoms in total. The van der Waals surface area contributed by atoms with Crippen molar-refractivity contribution in [1.29, 1.82) is 0 Å². The highest BCUT2D eigenvalue weighted by Crippen LogP contribution is 2.27. The van der Waals surface area contributed by atoms with Crippen LogP contribution in [0.2, 0.25) is 10.0 Å². The highest BCUT2D eigenvalue weighted by molar-refractivity contribution is 6.42. The van der Waals surface area contributed by atoms with Crippen LogP contribution in [0.25, 0.3) is 0 Å². The molecule has 1 amide bonds. The zero-order chi connectivity index (χ0) is 18.1. The maximum Gasteiger partial charge on any atom is 0.331 e. The van der Waals surface area contributed by atoms with E-state index in [1.54, 1.807) is 25.1 Å². The number of benzene rings is 1. The van der Waals surface area contributed by atoms with Gasteiger partial charge in [0.05, 0.1) is 27.8 Å². The molecule has 1 aromatic heterocycles. The number of hydrogen-bond donors (Lipinski definition) is 2. The summed E-state index contributed by atoms with van der Waals surface area (Å²) in [4.78, 5) is 23.6. The first kappa shape index (κ1) is 18.3. The molecule has 0 aliphatic rings. The number of rotatable bonds is 5. The number of carbonyl (C=O) groups is 2. The Morgan fingerprint density at radius 2 is 1.96 bits per heavy atom. The van der Waals surface area contributed by atoms with Crippen LogP contribution in [0.4, 0.5) is 5.69 Å². The van der Waals surface area contributed by atoms with E-state index in [2.05, 4.69) is 10.4 Å². The Bertz CT molecular complexity index is 787. The number of aromatic nitrogens is 2. The number of anilines is 1. The smallest absolute Gasteiger partial charge is 0.331 e. The van der Waals surface area contributed by atoms with Gasteiger partial charge in [-0.1, -0.05) is 29.3 Å². The van der Waals surface area contributed by atoms with E-state index in [4.69, 9.17) is 23.2 Å². The van der Waals surface area contributed by atoms with Gasteiger partial charge in [-0.3, -0.25) is 9.48 Å². The lowest BCUT2D eigenvalue weighted by Crippen LogP contribution is -2.35. The summed E-state index contributed by atoms with van der Waals surface area (Å²) in [7, 11) is 0. The first-order chi connectivity index (χ1) is 11.1. The second kappa shape index (κ2) is 6.83. The van der Waals surface area contributed by atoms with Crippen LogP contribution >= 0.6 is 23.2 Å². The average molecular weight is 370 g/mol. The fourth-order valence-corrected chi connectivity index (χ4v) is 2.28. The quantitative estimate of drug-likeness (QED) is 0.840. The average Bonchev–Trinajstić information content (AvgIpc) is 2.98. The van der Waals surface area contributed by atoms with E-state index in [0.717, 1.165) is 5.56 Å². The molecular weight excluding hydrogens is 353 g/mol. The molecule has 0 aliphatic carbocycles. The topological polar surface area (TPSA) is 84.2 Å². The van der Waals surface area contributed by atoms with E-state index in [9.17, 15) is 14.7 Å². The van der Waals surface area contributed by atoms with Gasteiger partial charge >= 0.3 is 5.97 Å². The van der Waals surface area contributed by atoms with Gasteiger partial charge in [0.2, 0.25) is 5.91 Å². The van der Waals surface area contributed by atoms with Crippen LogP contribution in [0.3, 0.4) is 0 Å². The monoisotopic (exact) mass is 369 g/mol. The normalized spacial score (nSPS) is 12.7. The zero-order valence-corrected chi connectivity index (χ0v) is 14.9. The lowest BCUT2D eigenvalue weighted by atomic mass is 10.0. The summed E-state index contributed by atoms with van der Waals surface area (Å²) in [5.41, 5.74) is -0.0698. The van der Waals surface area contributed by atoms with Crippen LogP contribution in [0.15, 0.2) is 30.6 Å². The third kappa shape index (κ3) is 3.71. The van der Waals surface area contributed by atoms with E-state index in [-0.39, 0.29) is 5.91 Å². The number of carbonyl (C=O) groups excluding carboxylic acids is 1. The summed E-state index contributed by atoms with van der Waals surface area (Å²) in [6, 6.07) is 5.01. The number of carboxylic acid groups (broad SMARTS) is 1. The lowest BCUT2D eigenvalue weighted by Gasteiger charge is -2.19. The molecular formula is C16H17Cl2N3O3. The van der Waals surface area contributed by atoms with Gasteiger partial charge in [-0.05, 0) is 38.5 Å². The van der Waals surface area contributed by atoms with Crippen molar-refractivity contribution < 1.29 is 14.7 Å². The summed E-state index contributed by atoms with van der Waals surface area (Å²) in [6.07, 6.45) is 2.89. The minimum Gasteiger partial charge on any atom is -0.479 e. The molecule has 1 atom stereocenters. The molecule has 0 fully saturated rings. The van der Waals surface area contributed by atoms with Crippen LogP contribution in [0.1, 0.15) is 32.3 Å². The fraction of sp³-hybridized carbons (Fsp3) is 0.312. The largest absolute Gasteiger partial charge is 0.479 e. The summed E-state index contributed by atoms with van der Waals surface area (Å²) in [5.74, 6) is -1.75. The molecule has 2 aromatic rings. The second-order valence-electron chi connectivity index (χ2n) is 5.92. The van der Waals surface area contributed by atoms with Gasteiger partial charge in [0.15, 0.2) is 5.54 Å². The van der Waals surface area contributed by atoms with Crippen molar-refractivity contribution in [2.45, 2.75) is 32.2 Å². The lowest BCUT2D eigenvalue weighted by molar-refractivity contribution is -0.146. The molecule has 0 spiro atoms. The highest BCUT2D eigenvalue weighted by Gasteiger charge is 2.30. The van der Waals surface area contributed by atoms with Crippen molar-refractivity contribution >= 4 is 40.8 Å². The second-order valence-corrected chi connectivity index (χ2v) is 6.74. The molecule has 0 saturated heterocycles. The molecule has 1 aromatic carbocycles. The Hall–Kier alpha value is -2.05. The Morgan fingerprint density at radius 1 is 1.29 bits per heavy atom. The number of nitrogens with zero attached hydrogens (tertiary/aromatic N) is 2. The Labute approximate surface area is 149 Å². The number of nitrogens with one attached hydrogen (secondary N) is 1. The summed E-state index contributed by atoms with van der Waals surface area (Å²) in [5, 5.41) is 16.7. The van der Waals surface area contributed by atoms with Crippen molar-refractivity contribution in [2.24, 2.45) is 0 Å². The molecule has 1 unspecified atom stereocenters. The van der Waals surface area contributed by atoms with Crippen LogP contribution in [0.5, 0.6) is 0 Å². The number of aliphatic carboxylic acids is 1. The van der Waals surface area contributed by atoms with Crippen molar-refractivity contribution in [3.63, 3.8) is 0 Å². The Kier molecular flexibility index (Phi) is 5.20. The number of hydrogen-bond acceptors (Lipinski definition) is 3. The van der Waals surface area contributed by atoms with Crippen molar-refractivity contribution in [3.05, 3.63) is 46.2 Å². The van der Waals surface area contributed by atoms with E-state index in [1.807, 2.05) is 0 Å². The number of amides is 1. The summed E-state index contributed by atoms with van der Waals surface area (Å²) < 4.78 is 1.29. The zero-order valence-electron chi connectivity index (χ0n) is 13.4. The van der Waals surface area contributed by atoms with Gasteiger partial charge in [-0.2, -0.15) is 5.10 Å². The Balaban J connectivity index is 2.13. The highest BCUT2D eigenvalue weighted by atomic mass is 35.5. The molecule has 2 rings (SSSR count). The third-order valence-corrected chi connectivity index (χ3v) is 4.52. The third-order valence-electron chi connectivity index (χ3n) is 3.78. The SMILES string of the molecule is CC(C(=O)Nc1cnn(C(C)(C)C(=O)O)c1)c1ccc(Cl)c(Cl)c1. The number of halogens is 2. The van der Waals surface area contributed by atoms with E-state index >= 15 is 0 Å². The molecule has 0 radical (unpaired) electrons. The summed E-state index contributed by atoms with van der Waals surface area (Å²) in [6.45, 7) is 4.78. The van der Waals surface area contributed by atoms with Gasteiger partial charge in [-0.25, -0.2) is 4.79 Å². The Morgan fingerprint density at radius 3 is 2.54 bits per heavy atom. The first-order valence-corrected chi connectivity index (χ1v) is 7.93. The van der Waals surface area contributed by atoms with Crippen LogP contribution in [-0.4, -0.2) is 26.8 Å². The van der Waals surface area contributed by atoms with Crippen molar-refractivity contribution in [1.82, 2.24) is 9.78 Å². The van der Waals surface area contributed by atoms with Crippen LogP contribution in [0, 0.1) is 0 Å². The maximum absolute atomic E-state index is 12.4. The van der Waals surface area contributed by atoms with Gasteiger partial charge < -0.3 is 10.4 Å². The molecule has 0 bridgehead atoms. The molecule has 24 heavy (non-hydrogen) atoms. The van der Waals surface area contributed by atoms with E-state index in [0.29, 0.717) is 15.7 Å². The molecule has 1 heterocycles. The van der Waals surface area contributed by atoms with Crippen LogP contribution < -0.4 is 5.32 Å².